The first-order chi connectivity index (χ1) is 15.3. The molecule has 6 heteroatoms. The molecule has 0 radical (unpaired) electrons. The number of halogens is 1. The number of anilines is 1. The van der Waals surface area contributed by atoms with E-state index in [-0.39, 0.29) is 17.9 Å². The van der Waals surface area contributed by atoms with Gasteiger partial charge in [0.25, 0.3) is 0 Å². The van der Waals surface area contributed by atoms with Crippen LogP contribution >= 0.6 is 0 Å². The largest absolute Gasteiger partial charge is 0.486 e. The Balaban J connectivity index is 1.42. The van der Waals surface area contributed by atoms with Crippen molar-refractivity contribution in [2.24, 2.45) is 5.92 Å². The van der Waals surface area contributed by atoms with E-state index in [2.05, 4.69) is 52.1 Å². The molecule has 31 heavy (non-hydrogen) atoms. The second-order valence-corrected chi connectivity index (χ2v) is 8.38. The Morgan fingerprint density at radius 2 is 1.65 bits per heavy atom. The second kappa shape index (κ2) is 7.55. The summed E-state index contributed by atoms with van der Waals surface area (Å²) in [4.78, 5) is 2.34. The SMILES string of the molecule is Fc1cccc(CN2CC3C(c4ccccc4)NNC3c3cc4c(cc32)OCCO4)c1. The number of hydrazine groups is 1. The third-order valence-corrected chi connectivity index (χ3v) is 6.47. The number of benzene rings is 3. The van der Waals surface area contributed by atoms with Crippen molar-refractivity contribution in [1.82, 2.24) is 10.9 Å². The highest BCUT2D eigenvalue weighted by Gasteiger charge is 2.44. The summed E-state index contributed by atoms with van der Waals surface area (Å²) in [5.41, 5.74) is 11.6. The lowest BCUT2D eigenvalue weighted by Gasteiger charge is -2.40. The molecule has 3 aromatic carbocycles. The second-order valence-electron chi connectivity index (χ2n) is 8.38. The quantitative estimate of drug-likeness (QED) is 0.671. The highest BCUT2D eigenvalue weighted by Crippen LogP contribution is 2.49. The number of rotatable bonds is 3. The molecule has 0 aromatic heterocycles. The van der Waals surface area contributed by atoms with Crippen molar-refractivity contribution in [3.8, 4) is 11.5 Å². The first-order valence-corrected chi connectivity index (χ1v) is 10.8. The van der Waals surface area contributed by atoms with Gasteiger partial charge in [-0.25, -0.2) is 15.2 Å². The van der Waals surface area contributed by atoms with Crippen LogP contribution in [0.4, 0.5) is 10.1 Å². The molecule has 1 saturated heterocycles. The van der Waals surface area contributed by atoms with E-state index in [1.165, 1.54) is 17.2 Å². The van der Waals surface area contributed by atoms with Crippen LogP contribution in [0.25, 0.3) is 0 Å². The molecular formula is C25H24FN3O2. The van der Waals surface area contributed by atoms with Crippen molar-refractivity contribution in [3.63, 3.8) is 0 Å². The molecule has 2 N–H and O–H groups in total. The Kier molecular flexibility index (Phi) is 4.55. The van der Waals surface area contributed by atoms with Gasteiger partial charge >= 0.3 is 0 Å². The molecule has 0 aliphatic carbocycles. The van der Waals surface area contributed by atoms with Crippen molar-refractivity contribution in [3.05, 3.63) is 89.2 Å². The average molecular weight is 417 g/mol. The Morgan fingerprint density at radius 1 is 0.871 bits per heavy atom. The number of nitrogens with one attached hydrogen (secondary N) is 2. The molecule has 3 unspecified atom stereocenters. The summed E-state index contributed by atoms with van der Waals surface area (Å²) in [6.45, 7) is 2.59. The number of nitrogens with zero attached hydrogens (tertiary/aromatic N) is 1. The lowest BCUT2D eigenvalue weighted by Crippen LogP contribution is -2.39. The van der Waals surface area contributed by atoms with Gasteiger partial charge in [0, 0.05) is 30.8 Å². The van der Waals surface area contributed by atoms with E-state index in [9.17, 15) is 4.39 Å². The van der Waals surface area contributed by atoms with E-state index in [1.54, 1.807) is 12.1 Å². The van der Waals surface area contributed by atoms with Gasteiger partial charge in [-0.15, -0.1) is 0 Å². The van der Waals surface area contributed by atoms with Gasteiger partial charge in [0.2, 0.25) is 0 Å². The minimum absolute atomic E-state index is 0.153. The number of ether oxygens (including phenoxy) is 2. The van der Waals surface area contributed by atoms with Gasteiger partial charge in [0.15, 0.2) is 11.5 Å². The van der Waals surface area contributed by atoms with Crippen molar-refractivity contribution < 1.29 is 13.9 Å². The molecule has 0 saturated carbocycles. The Hall–Kier alpha value is -3.09. The predicted octanol–water partition coefficient (Wildman–Crippen LogP) is 4.12. The molecular weight excluding hydrogens is 393 g/mol. The zero-order valence-electron chi connectivity index (χ0n) is 17.1. The van der Waals surface area contributed by atoms with Crippen molar-refractivity contribution in [1.29, 1.82) is 0 Å². The van der Waals surface area contributed by atoms with Crippen LogP contribution in [-0.2, 0) is 6.54 Å². The molecule has 3 atom stereocenters. The monoisotopic (exact) mass is 417 g/mol. The fourth-order valence-corrected chi connectivity index (χ4v) is 5.07. The molecule has 0 bridgehead atoms. The van der Waals surface area contributed by atoms with Crippen LogP contribution in [0.15, 0.2) is 66.7 Å². The maximum atomic E-state index is 13.9. The van der Waals surface area contributed by atoms with Crippen LogP contribution in [0.2, 0.25) is 0 Å². The summed E-state index contributed by atoms with van der Waals surface area (Å²) in [6.07, 6.45) is 0. The third kappa shape index (κ3) is 3.32. The molecule has 158 valence electrons. The normalized spacial score (nSPS) is 23.9. The van der Waals surface area contributed by atoms with Gasteiger partial charge in [0.05, 0.1) is 12.1 Å². The minimum Gasteiger partial charge on any atom is -0.486 e. The predicted molar refractivity (Wildman–Crippen MR) is 117 cm³/mol. The Labute approximate surface area is 180 Å². The van der Waals surface area contributed by atoms with Crippen molar-refractivity contribution >= 4 is 5.69 Å². The molecule has 3 aromatic rings. The summed E-state index contributed by atoms with van der Waals surface area (Å²) in [5, 5.41) is 0. The molecule has 6 rings (SSSR count). The highest BCUT2D eigenvalue weighted by molar-refractivity contribution is 5.65. The fraction of sp³-hybridized carbons (Fsp3) is 0.280. The third-order valence-electron chi connectivity index (χ3n) is 6.47. The molecule has 5 nitrogen and oxygen atoms in total. The standard InChI is InChI=1S/C25H24FN3O2/c26-18-8-4-5-16(11-18)14-29-15-20-24(17-6-2-1-3-7-17)27-28-25(20)19-12-22-23(13-21(19)29)31-10-9-30-22/h1-8,11-13,20,24-25,27-28H,9-10,14-15H2. The van der Waals surface area contributed by atoms with Crippen molar-refractivity contribution in [2.45, 2.75) is 18.6 Å². The van der Waals surface area contributed by atoms with Crippen LogP contribution in [0.1, 0.15) is 28.8 Å². The summed E-state index contributed by atoms with van der Waals surface area (Å²) in [7, 11) is 0. The summed E-state index contributed by atoms with van der Waals surface area (Å²) in [6, 6.07) is 21.9. The molecule has 0 amide bonds. The zero-order chi connectivity index (χ0) is 20.8. The van der Waals surface area contributed by atoms with Gasteiger partial charge in [-0.05, 0) is 34.9 Å². The van der Waals surface area contributed by atoms with Gasteiger partial charge in [-0.1, -0.05) is 42.5 Å². The summed E-state index contributed by atoms with van der Waals surface area (Å²) >= 11 is 0. The number of hydrogen-bond acceptors (Lipinski definition) is 5. The average Bonchev–Trinajstić information content (AvgIpc) is 3.23. The molecule has 3 heterocycles. The summed E-state index contributed by atoms with van der Waals surface area (Å²) in [5.74, 6) is 1.67. The minimum atomic E-state index is -0.207. The molecule has 0 spiro atoms. The van der Waals surface area contributed by atoms with Gasteiger partial charge in [-0.2, -0.15) is 0 Å². The van der Waals surface area contributed by atoms with E-state index < -0.39 is 0 Å². The van der Waals surface area contributed by atoms with Crippen LogP contribution in [-0.4, -0.2) is 19.8 Å². The maximum absolute atomic E-state index is 13.9. The van der Waals surface area contributed by atoms with E-state index in [4.69, 9.17) is 9.47 Å². The van der Waals surface area contributed by atoms with Gasteiger partial charge < -0.3 is 14.4 Å². The molecule has 3 aliphatic rings. The first kappa shape index (κ1) is 18.7. The number of hydrogen-bond donors (Lipinski definition) is 2. The van der Waals surface area contributed by atoms with Crippen LogP contribution in [0.3, 0.4) is 0 Å². The lowest BCUT2D eigenvalue weighted by molar-refractivity contribution is 0.171. The Bertz CT molecular complexity index is 1110. The van der Waals surface area contributed by atoms with E-state index in [0.717, 1.165) is 29.3 Å². The highest BCUT2D eigenvalue weighted by atomic mass is 19.1. The summed E-state index contributed by atoms with van der Waals surface area (Å²) < 4.78 is 25.6. The number of fused-ring (bicyclic) bond motifs is 4. The van der Waals surface area contributed by atoms with Crippen LogP contribution < -0.4 is 25.2 Å². The molecule has 3 aliphatic heterocycles. The van der Waals surface area contributed by atoms with Crippen molar-refractivity contribution in [2.75, 3.05) is 24.7 Å². The van der Waals surface area contributed by atoms with E-state index in [0.29, 0.717) is 25.7 Å². The van der Waals surface area contributed by atoms with Gasteiger partial charge in [-0.3, -0.25) is 0 Å². The van der Waals surface area contributed by atoms with Gasteiger partial charge in [0.1, 0.15) is 19.0 Å². The van der Waals surface area contributed by atoms with Crippen LogP contribution in [0.5, 0.6) is 11.5 Å². The Morgan fingerprint density at radius 3 is 2.45 bits per heavy atom. The zero-order valence-corrected chi connectivity index (χ0v) is 17.1. The van der Waals surface area contributed by atoms with Crippen LogP contribution in [0, 0.1) is 11.7 Å². The maximum Gasteiger partial charge on any atom is 0.163 e. The van der Waals surface area contributed by atoms with E-state index in [1.807, 2.05) is 12.1 Å². The topological polar surface area (TPSA) is 45.8 Å². The fourth-order valence-electron chi connectivity index (χ4n) is 5.07. The van der Waals surface area contributed by atoms with E-state index >= 15 is 0 Å². The smallest absolute Gasteiger partial charge is 0.163 e. The first-order valence-electron chi connectivity index (χ1n) is 10.8. The molecule has 1 fully saturated rings. The lowest BCUT2D eigenvalue weighted by atomic mass is 9.81.